The van der Waals surface area contributed by atoms with E-state index < -0.39 is 15.1 Å². The van der Waals surface area contributed by atoms with Crippen LogP contribution in [0.25, 0.3) is 0 Å². The van der Waals surface area contributed by atoms with Gasteiger partial charge in [-0.2, -0.15) is 0 Å². The summed E-state index contributed by atoms with van der Waals surface area (Å²) in [4.78, 5) is 14.5. The lowest BCUT2D eigenvalue weighted by atomic mass is 10.0. The molecule has 2 unspecified atom stereocenters. The highest BCUT2D eigenvalue weighted by atomic mass is 32.2. The van der Waals surface area contributed by atoms with Gasteiger partial charge in [0.05, 0.1) is 10.1 Å². The van der Waals surface area contributed by atoms with Gasteiger partial charge in [0.15, 0.2) is 9.84 Å². The summed E-state index contributed by atoms with van der Waals surface area (Å²) >= 11 is 0. The number of hydrogen-bond donors (Lipinski definition) is 0. The molecule has 5 heteroatoms. The van der Waals surface area contributed by atoms with Crippen molar-refractivity contribution in [1.29, 1.82) is 0 Å². The normalized spacial score (nSPS) is 18.9. The van der Waals surface area contributed by atoms with Crippen LogP contribution >= 0.6 is 0 Å². The van der Waals surface area contributed by atoms with Gasteiger partial charge in [-0.1, -0.05) is 48.0 Å². The number of likely N-dealkylation sites (tertiary alicyclic amines) is 1. The van der Waals surface area contributed by atoms with E-state index in [-0.39, 0.29) is 18.0 Å². The Morgan fingerprint density at radius 1 is 1.04 bits per heavy atom. The number of aryl methyl sites for hydroxylation is 1. The summed E-state index contributed by atoms with van der Waals surface area (Å²) in [6, 6.07) is 16.4. The van der Waals surface area contributed by atoms with E-state index in [1.165, 1.54) is 0 Å². The first-order valence-electron chi connectivity index (χ1n) is 9.46. The van der Waals surface area contributed by atoms with Gasteiger partial charge in [-0.3, -0.25) is 4.79 Å². The Hall–Kier alpha value is -2.14. The minimum Gasteiger partial charge on any atom is -0.336 e. The number of carbonyl (C=O) groups excluding carboxylic acids is 1. The Morgan fingerprint density at radius 3 is 2.26 bits per heavy atom. The van der Waals surface area contributed by atoms with E-state index in [0.29, 0.717) is 24.2 Å². The van der Waals surface area contributed by atoms with E-state index in [2.05, 4.69) is 0 Å². The third-order valence-electron chi connectivity index (χ3n) is 5.31. The Balaban J connectivity index is 2.04. The lowest BCUT2D eigenvalue weighted by molar-refractivity contribution is -0.130. The highest BCUT2D eigenvalue weighted by Crippen LogP contribution is 2.32. The average molecular weight is 386 g/mol. The first kappa shape index (κ1) is 19.6. The van der Waals surface area contributed by atoms with Gasteiger partial charge in [0.1, 0.15) is 0 Å². The molecule has 1 fully saturated rings. The van der Waals surface area contributed by atoms with Crippen molar-refractivity contribution in [1.82, 2.24) is 4.90 Å². The summed E-state index contributed by atoms with van der Waals surface area (Å²) in [6.45, 7) is 5.84. The Morgan fingerprint density at radius 2 is 1.67 bits per heavy atom. The van der Waals surface area contributed by atoms with Crippen molar-refractivity contribution in [2.75, 3.05) is 0 Å². The molecule has 1 saturated heterocycles. The molecule has 2 aromatic carbocycles. The van der Waals surface area contributed by atoms with Crippen LogP contribution in [0.4, 0.5) is 0 Å². The van der Waals surface area contributed by atoms with Crippen LogP contribution in [-0.4, -0.2) is 36.6 Å². The van der Waals surface area contributed by atoms with Crippen LogP contribution in [0.3, 0.4) is 0 Å². The molecule has 0 saturated carbocycles. The third-order valence-corrected chi connectivity index (χ3v) is 7.52. The minimum absolute atomic E-state index is 0.0171. The van der Waals surface area contributed by atoms with Gasteiger partial charge in [0.25, 0.3) is 0 Å². The molecule has 0 bridgehead atoms. The molecule has 2 atom stereocenters. The van der Waals surface area contributed by atoms with Crippen molar-refractivity contribution >= 4 is 15.7 Å². The second kappa shape index (κ2) is 7.85. The first-order valence-corrected chi connectivity index (χ1v) is 11.0. The monoisotopic (exact) mass is 385 g/mol. The third kappa shape index (κ3) is 4.08. The highest BCUT2D eigenvalue weighted by Gasteiger charge is 2.44. The predicted molar refractivity (Wildman–Crippen MR) is 107 cm³/mol. The summed E-state index contributed by atoms with van der Waals surface area (Å²) < 4.78 is 27.1. The summed E-state index contributed by atoms with van der Waals surface area (Å²) in [5.74, 6) is 0.0483. The van der Waals surface area contributed by atoms with Gasteiger partial charge in [-0.05, 0) is 51.3 Å². The van der Waals surface area contributed by atoms with Gasteiger partial charge in [-0.25, -0.2) is 8.42 Å². The van der Waals surface area contributed by atoms with Crippen LogP contribution in [0, 0.1) is 6.92 Å². The lowest BCUT2D eigenvalue weighted by Crippen LogP contribution is -2.48. The van der Waals surface area contributed by atoms with Crippen molar-refractivity contribution in [3.63, 3.8) is 0 Å². The SMILES string of the molecule is Cc1ccc(S(=O)(=O)C(Cc2ccccc2)C2CCC(=O)N2C(C)C)cc1. The molecule has 2 aromatic rings. The van der Waals surface area contributed by atoms with E-state index in [1.54, 1.807) is 17.0 Å². The summed E-state index contributed by atoms with van der Waals surface area (Å²) in [6.07, 6.45) is 1.40. The molecular weight excluding hydrogens is 358 g/mol. The molecular formula is C22H27NO3S. The number of hydrogen-bond acceptors (Lipinski definition) is 3. The van der Waals surface area contributed by atoms with E-state index >= 15 is 0 Å². The molecule has 27 heavy (non-hydrogen) atoms. The van der Waals surface area contributed by atoms with E-state index in [4.69, 9.17) is 0 Å². The number of nitrogens with zero attached hydrogens (tertiary/aromatic N) is 1. The predicted octanol–water partition coefficient (Wildman–Crippen LogP) is 3.78. The van der Waals surface area contributed by atoms with Crippen LogP contribution < -0.4 is 0 Å². The van der Waals surface area contributed by atoms with Crippen LogP contribution in [-0.2, 0) is 21.1 Å². The van der Waals surface area contributed by atoms with Crippen LogP contribution in [0.5, 0.6) is 0 Å². The highest BCUT2D eigenvalue weighted by molar-refractivity contribution is 7.92. The van der Waals surface area contributed by atoms with Crippen LogP contribution in [0.1, 0.15) is 37.8 Å². The van der Waals surface area contributed by atoms with Gasteiger partial charge in [0.2, 0.25) is 5.91 Å². The summed E-state index contributed by atoms with van der Waals surface area (Å²) in [5, 5.41) is -0.656. The number of carbonyl (C=O) groups is 1. The maximum atomic E-state index is 13.6. The maximum absolute atomic E-state index is 13.6. The van der Waals surface area contributed by atoms with Crippen LogP contribution in [0.15, 0.2) is 59.5 Å². The fraction of sp³-hybridized carbons (Fsp3) is 0.409. The number of rotatable bonds is 6. The summed E-state index contributed by atoms with van der Waals surface area (Å²) in [7, 11) is -3.58. The molecule has 144 valence electrons. The van der Waals surface area contributed by atoms with Crippen molar-refractivity contribution in [3.05, 3.63) is 65.7 Å². The standard InChI is InChI=1S/C22H27NO3S/c1-16(2)23-20(13-14-22(23)24)21(15-18-7-5-4-6-8-18)27(25,26)19-11-9-17(3)10-12-19/h4-12,16,20-21H,13-15H2,1-3H3. The number of sulfone groups is 1. The second-order valence-electron chi connectivity index (χ2n) is 7.59. The van der Waals surface area contributed by atoms with Crippen molar-refractivity contribution in [3.8, 4) is 0 Å². The van der Waals surface area contributed by atoms with Crippen molar-refractivity contribution < 1.29 is 13.2 Å². The number of amides is 1. The van der Waals surface area contributed by atoms with Crippen molar-refractivity contribution in [2.45, 2.75) is 62.3 Å². The van der Waals surface area contributed by atoms with Gasteiger partial charge in [-0.15, -0.1) is 0 Å². The largest absolute Gasteiger partial charge is 0.336 e. The quantitative estimate of drug-likeness (QED) is 0.760. The van der Waals surface area contributed by atoms with E-state index in [0.717, 1.165) is 11.1 Å². The Labute approximate surface area is 162 Å². The molecule has 1 aliphatic rings. The molecule has 0 aromatic heterocycles. The van der Waals surface area contributed by atoms with E-state index in [9.17, 15) is 13.2 Å². The molecule has 0 spiro atoms. The lowest BCUT2D eigenvalue weighted by Gasteiger charge is -2.34. The average Bonchev–Trinajstić information content (AvgIpc) is 3.02. The fourth-order valence-corrected chi connectivity index (χ4v) is 5.92. The first-order chi connectivity index (χ1) is 12.8. The zero-order valence-electron chi connectivity index (χ0n) is 16.1. The van der Waals surface area contributed by atoms with Crippen LogP contribution in [0.2, 0.25) is 0 Å². The molecule has 0 aliphatic carbocycles. The van der Waals surface area contributed by atoms with Gasteiger partial charge < -0.3 is 4.90 Å². The maximum Gasteiger partial charge on any atom is 0.223 e. The zero-order chi connectivity index (χ0) is 19.6. The fourth-order valence-electron chi connectivity index (χ4n) is 3.96. The molecule has 1 amide bonds. The Bertz CT molecular complexity index is 889. The van der Waals surface area contributed by atoms with Gasteiger partial charge >= 0.3 is 0 Å². The summed E-state index contributed by atoms with van der Waals surface area (Å²) in [5.41, 5.74) is 2.00. The van der Waals surface area contributed by atoms with Gasteiger partial charge in [0, 0.05) is 18.5 Å². The smallest absolute Gasteiger partial charge is 0.223 e. The second-order valence-corrected chi connectivity index (χ2v) is 9.75. The molecule has 0 radical (unpaired) electrons. The van der Waals surface area contributed by atoms with E-state index in [1.807, 2.05) is 63.2 Å². The molecule has 1 aliphatic heterocycles. The number of benzene rings is 2. The minimum atomic E-state index is -3.58. The molecule has 0 N–H and O–H groups in total. The Kier molecular flexibility index (Phi) is 5.70. The molecule has 4 nitrogen and oxygen atoms in total. The topological polar surface area (TPSA) is 54.5 Å². The zero-order valence-corrected chi connectivity index (χ0v) is 16.9. The van der Waals surface area contributed by atoms with Crippen molar-refractivity contribution in [2.24, 2.45) is 0 Å². The molecule has 1 heterocycles. The molecule has 3 rings (SSSR count).